The van der Waals surface area contributed by atoms with Crippen molar-refractivity contribution in [3.8, 4) is 10.6 Å². The van der Waals surface area contributed by atoms with E-state index in [4.69, 9.17) is 9.47 Å². The number of thiophene rings is 1. The SMILES string of the molecule is Cc1nc(-c2ccsc2)sc1C(=O)NCCCOCC1CCCO1. The van der Waals surface area contributed by atoms with Crippen LogP contribution in [0.1, 0.15) is 34.6 Å². The lowest BCUT2D eigenvalue weighted by atomic mass is 10.2. The van der Waals surface area contributed by atoms with Gasteiger partial charge in [0.05, 0.1) is 18.4 Å². The van der Waals surface area contributed by atoms with Crippen LogP contribution >= 0.6 is 22.7 Å². The minimum absolute atomic E-state index is 0.0504. The van der Waals surface area contributed by atoms with Crippen molar-refractivity contribution < 1.29 is 14.3 Å². The average molecular weight is 367 g/mol. The average Bonchev–Trinajstić information content (AvgIpc) is 3.31. The molecule has 1 aliphatic rings. The van der Waals surface area contributed by atoms with E-state index in [1.807, 2.05) is 23.8 Å². The number of nitrogens with one attached hydrogen (secondary N) is 1. The number of thiazole rings is 1. The summed E-state index contributed by atoms with van der Waals surface area (Å²) in [5, 5.41) is 7.91. The molecule has 5 nitrogen and oxygen atoms in total. The summed E-state index contributed by atoms with van der Waals surface area (Å²) in [6, 6.07) is 2.02. The van der Waals surface area contributed by atoms with E-state index in [1.165, 1.54) is 11.3 Å². The fraction of sp³-hybridized carbons (Fsp3) is 0.529. The molecule has 0 radical (unpaired) electrons. The standard InChI is InChI=1S/C17H22N2O3S2/c1-12-15(24-17(19-12)13-5-9-23-11-13)16(20)18-6-3-7-21-10-14-4-2-8-22-14/h5,9,11,14H,2-4,6-8,10H2,1H3,(H,18,20). The Morgan fingerprint density at radius 3 is 3.21 bits per heavy atom. The molecule has 3 rings (SSSR count). The summed E-state index contributed by atoms with van der Waals surface area (Å²) in [6.45, 7) is 4.64. The molecule has 1 N–H and O–H groups in total. The number of hydrogen-bond donors (Lipinski definition) is 1. The molecule has 0 saturated carbocycles. The molecule has 1 aliphatic heterocycles. The highest BCUT2D eigenvalue weighted by Crippen LogP contribution is 2.29. The van der Waals surface area contributed by atoms with Crippen molar-refractivity contribution in [1.82, 2.24) is 10.3 Å². The molecular formula is C17H22N2O3S2. The van der Waals surface area contributed by atoms with Gasteiger partial charge in [0.2, 0.25) is 0 Å². The number of rotatable bonds is 8. The lowest BCUT2D eigenvalue weighted by Crippen LogP contribution is -2.25. The van der Waals surface area contributed by atoms with Gasteiger partial charge in [0.1, 0.15) is 9.88 Å². The fourth-order valence-electron chi connectivity index (χ4n) is 2.56. The van der Waals surface area contributed by atoms with E-state index < -0.39 is 0 Å². The molecular weight excluding hydrogens is 344 g/mol. The number of aryl methyl sites for hydroxylation is 1. The van der Waals surface area contributed by atoms with Crippen LogP contribution in [0.25, 0.3) is 10.6 Å². The highest BCUT2D eigenvalue weighted by atomic mass is 32.1. The number of hydrogen-bond acceptors (Lipinski definition) is 6. The normalized spacial score (nSPS) is 17.3. The van der Waals surface area contributed by atoms with E-state index in [0.717, 1.165) is 42.1 Å². The maximum absolute atomic E-state index is 12.3. The van der Waals surface area contributed by atoms with Crippen LogP contribution in [0.4, 0.5) is 0 Å². The zero-order valence-corrected chi connectivity index (χ0v) is 15.4. The van der Waals surface area contributed by atoms with Crippen LogP contribution in [-0.4, -0.2) is 43.4 Å². The first kappa shape index (κ1) is 17.5. The van der Waals surface area contributed by atoms with Crippen LogP contribution in [0.15, 0.2) is 16.8 Å². The molecule has 1 fully saturated rings. The summed E-state index contributed by atoms with van der Waals surface area (Å²) >= 11 is 3.08. The van der Waals surface area contributed by atoms with E-state index in [0.29, 0.717) is 24.6 Å². The third-order valence-electron chi connectivity index (χ3n) is 3.85. The fourth-order valence-corrected chi connectivity index (χ4v) is 4.26. The number of ether oxygens (including phenoxy) is 2. The van der Waals surface area contributed by atoms with Gasteiger partial charge in [0.15, 0.2) is 0 Å². The third-order valence-corrected chi connectivity index (χ3v) is 5.74. The van der Waals surface area contributed by atoms with Crippen LogP contribution < -0.4 is 5.32 Å². The minimum Gasteiger partial charge on any atom is -0.379 e. The number of carbonyl (C=O) groups excluding carboxylic acids is 1. The molecule has 3 heterocycles. The summed E-state index contributed by atoms with van der Waals surface area (Å²) in [5.41, 5.74) is 1.86. The van der Waals surface area contributed by atoms with E-state index >= 15 is 0 Å². The van der Waals surface area contributed by atoms with Crippen molar-refractivity contribution in [3.63, 3.8) is 0 Å². The molecule has 0 aromatic carbocycles. The second-order valence-electron chi connectivity index (χ2n) is 5.76. The lowest BCUT2D eigenvalue weighted by Gasteiger charge is -2.10. The Kier molecular flexibility index (Phi) is 6.37. The van der Waals surface area contributed by atoms with Crippen molar-refractivity contribution in [1.29, 1.82) is 0 Å². The topological polar surface area (TPSA) is 60.5 Å². The Hall–Kier alpha value is -1.28. The van der Waals surface area contributed by atoms with Crippen molar-refractivity contribution >= 4 is 28.6 Å². The van der Waals surface area contributed by atoms with Crippen molar-refractivity contribution in [2.75, 3.05) is 26.4 Å². The van der Waals surface area contributed by atoms with Gasteiger partial charge in [-0.2, -0.15) is 11.3 Å². The number of nitrogens with zero attached hydrogens (tertiary/aromatic N) is 1. The predicted molar refractivity (Wildman–Crippen MR) is 96.9 cm³/mol. The molecule has 0 aliphatic carbocycles. The van der Waals surface area contributed by atoms with Gasteiger partial charge >= 0.3 is 0 Å². The lowest BCUT2D eigenvalue weighted by molar-refractivity contribution is 0.0166. The van der Waals surface area contributed by atoms with Gasteiger partial charge in [0, 0.05) is 30.7 Å². The number of amides is 1. The molecule has 24 heavy (non-hydrogen) atoms. The maximum Gasteiger partial charge on any atom is 0.263 e. The van der Waals surface area contributed by atoms with Crippen LogP contribution in [0, 0.1) is 6.92 Å². The second-order valence-corrected chi connectivity index (χ2v) is 7.54. The summed E-state index contributed by atoms with van der Waals surface area (Å²) in [4.78, 5) is 17.5. The van der Waals surface area contributed by atoms with Gasteiger partial charge < -0.3 is 14.8 Å². The summed E-state index contributed by atoms with van der Waals surface area (Å²) in [6.07, 6.45) is 3.28. The van der Waals surface area contributed by atoms with Crippen LogP contribution in [-0.2, 0) is 9.47 Å². The quantitative estimate of drug-likeness (QED) is 0.727. The molecule has 0 spiro atoms. The van der Waals surface area contributed by atoms with Crippen LogP contribution in [0.2, 0.25) is 0 Å². The Morgan fingerprint density at radius 1 is 1.54 bits per heavy atom. The van der Waals surface area contributed by atoms with E-state index in [9.17, 15) is 4.79 Å². The monoisotopic (exact) mass is 366 g/mol. The maximum atomic E-state index is 12.3. The zero-order valence-electron chi connectivity index (χ0n) is 13.7. The van der Waals surface area contributed by atoms with Gasteiger partial charge in [-0.05, 0) is 37.6 Å². The molecule has 1 atom stereocenters. The van der Waals surface area contributed by atoms with Gasteiger partial charge in [-0.25, -0.2) is 4.98 Å². The first-order chi connectivity index (χ1) is 11.7. The van der Waals surface area contributed by atoms with Crippen LogP contribution in [0.3, 0.4) is 0 Å². The van der Waals surface area contributed by atoms with E-state index in [2.05, 4.69) is 10.3 Å². The van der Waals surface area contributed by atoms with Crippen LogP contribution in [0.5, 0.6) is 0 Å². The Bertz CT molecular complexity index is 649. The Morgan fingerprint density at radius 2 is 2.46 bits per heavy atom. The molecule has 130 valence electrons. The summed E-state index contributed by atoms with van der Waals surface area (Å²) < 4.78 is 11.1. The van der Waals surface area contributed by atoms with Crippen molar-refractivity contribution in [2.45, 2.75) is 32.3 Å². The first-order valence-electron chi connectivity index (χ1n) is 8.21. The molecule has 1 saturated heterocycles. The van der Waals surface area contributed by atoms with Gasteiger partial charge in [-0.15, -0.1) is 11.3 Å². The zero-order chi connectivity index (χ0) is 16.8. The molecule has 1 unspecified atom stereocenters. The highest BCUT2D eigenvalue weighted by Gasteiger charge is 2.17. The highest BCUT2D eigenvalue weighted by molar-refractivity contribution is 7.17. The molecule has 2 aromatic heterocycles. The van der Waals surface area contributed by atoms with Crippen molar-refractivity contribution in [3.05, 3.63) is 27.4 Å². The second kappa shape index (κ2) is 8.71. The van der Waals surface area contributed by atoms with Gasteiger partial charge in [-0.1, -0.05) is 0 Å². The van der Waals surface area contributed by atoms with Crippen molar-refractivity contribution in [2.24, 2.45) is 0 Å². The van der Waals surface area contributed by atoms with Gasteiger partial charge in [-0.3, -0.25) is 4.79 Å². The molecule has 0 bridgehead atoms. The summed E-state index contributed by atoms with van der Waals surface area (Å²) in [5.74, 6) is -0.0504. The first-order valence-corrected chi connectivity index (χ1v) is 9.97. The third kappa shape index (κ3) is 4.63. The van der Waals surface area contributed by atoms with E-state index in [1.54, 1.807) is 11.3 Å². The minimum atomic E-state index is -0.0504. The smallest absolute Gasteiger partial charge is 0.263 e. The Balaban J connectivity index is 1.39. The molecule has 7 heteroatoms. The number of carbonyl (C=O) groups is 1. The summed E-state index contributed by atoms with van der Waals surface area (Å²) in [7, 11) is 0. The largest absolute Gasteiger partial charge is 0.379 e. The Labute approximate surface area is 150 Å². The molecule has 2 aromatic rings. The predicted octanol–water partition coefficient (Wildman–Crippen LogP) is 3.50. The molecule has 1 amide bonds. The number of aromatic nitrogens is 1. The van der Waals surface area contributed by atoms with Gasteiger partial charge in [0.25, 0.3) is 5.91 Å². The van der Waals surface area contributed by atoms with E-state index in [-0.39, 0.29) is 12.0 Å².